The molecule has 1 aromatic carbocycles. The van der Waals surface area contributed by atoms with Crippen molar-refractivity contribution in [3.05, 3.63) is 53.5 Å². The highest BCUT2D eigenvalue weighted by atomic mass is 16.3. The summed E-state index contributed by atoms with van der Waals surface area (Å²) in [5, 5.41) is 5.50. The van der Waals surface area contributed by atoms with Crippen LogP contribution in [0.2, 0.25) is 0 Å². The third-order valence-electron chi connectivity index (χ3n) is 4.94. The zero-order chi connectivity index (χ0) is 19.9. The van der Waals surface area contributed by atoms with Crippen molar-refractivity contribution >= 4 is 17.5 Å². The zero-order valence-corrected chi connectivity index (χ0v) is 16.5. The van der Waals surface area contributed by atoms with Crippen molar-refractivity contribution < 1.29 is 14.0 Å². The SMILES string of the molecule is Cc1cc(C(=O)NCC(=O)NCCN2CCN(c3ccccc3)CC2)c(C)o1. The molecule has 28 heavy (non-hydrogen) atoms. The van der Waals surface area contributed by atoms with Gasteiger partial charge in [-0.05, 0) is 32.0 Å². The van der Waals surface area contributed by atoms with E-state index < -0.39 is 0 Å². The molecule has 0 atom stereocenters. The first kappa shape index (κ1) is 19.9. The Balaban J connectivity index is 1.31. The van der Waals surface area contributed by atoms with Gasteiger partial charge in [-0.1, -0.05) is 18.2 Å². The summed E-state index contributed by atoms with van der Waals surface area (Å²) in [5.74, 6) is 0.764. The predicted octanol–water partition coefficient (Wildman–Crippen LogP) is 1.56. The van der Waals surface area contributed by atoms with Crippen molar-refractivity contribution in [3.8, 4) is 0 Å². The summed E-state index contributed by atoms with van der Waals surface area (Å²) < 4.78 is 5.34. The van der Waals surface area contributed by atoms with Crippen molar-refractivity contribution in [3.63, 3.8) is 0 Å². The van der Waals surface area contributed by atoms with Gasteiger partial charge in [-0.2, -0.15) is 0 Å². The van der Waals surface area contributed by atoms with Gasteiger partial charge in [-0.25, -0.2) is 0 Å². The number of hydrogen-bond acceptors (Lipinski definition) is 5. The molecule has 0 unspecified atom stereocenters. The second-order valence-corrected chi connectivity index (χ2v) is 7.02. The zero-order valence-electron chi connectivity index (χ0n) is 16.5. The number of rotatable bonds is 7. The standard InChI is InChI=1S/C21H28N4O3/c1-16-14-19(17(2)28-16)21(27)23-15-20(26)22-8-9-24-10-12-25(13-11-24)18-6-4-3-5-7-18/h3-7,14H,8-13,15H2,1-2H3,(H,22,26)(H,23,27). The van der Waals surface area contributed by atoms with E-state index in [2.05, 4.69) is 44.7 Å². The fraction of sp³-hybridized carbons (Fsp3) is 0.429. The number of benzene rings is 1. The van der Waals surface area contributed by atoms with Gasteiger partial charge in [0, 0.05) is 45.0 Å². The van der Waals surface area contributed by atoms with Crippen LogP contribution in [0.1, 0.15) is 21.9 Å². The molecule has 1 aliphatic heterocycles. The van der Waals surface area contributed by atoms with Gasteiger partial charge in [0.2, 0.25) is 5.91 Å². The summed E-state index contributed by atoms with van der Waals surface area (Å²) >= 11 is 0. The number of hydrogen-bond donors (Lipinski definition) is 2. The van der Waals surface area contributed by atoms with Gasteiger partial charge in [-0.15, -0.1) is 0 Å². The summed E-state index contributed by atoms with van der Waals surface area (Å²) in [4.78, 5) is 28.8. The summed E-state index contributed by atoms with van der Waals surface area (Å²) in [5.41, 5.74) is 1.73. The van der Waals surface area contributed by atoms with E-state index in [0.717, 1.165) is 32.7 Å². The average Bonchev–Trinajstić information content (AvgIpc) is 3.05. The summed E-state index contributed by atoms with van der Waals surface area (Å²) in [6, 6.07) is 12.1. The van der Waals surface area contributed by atoms with Crippen LogP contribution < -0.4 is 15.5 Å². The lowest BCUT2D eigenvalue weighted by atomic mass is 10.2. The van der Waals surface area contributed by atoms with Crippen LogP contribution in [0.4, 0.5) is 5.69 Å². The molecule has 0 bridgehead atoms. The van der Waals surface area contributed by atoms with Gasteiger partial charge in [0.15, 0.2) is 0 Å². The van der Waals surface area contributed by atoms with E-state index in [9.17, 15) is 9.59 Å². The fourth-order valence-electron chi connectivity index (χ4n) is 3.40. The molecule has 2 amide bonds. The molecule has 1 saturated heterocycles. The molecule has 0 aliphatic carbocycles. The van der Waals surface area contributed by atoms with Crippen LogP contribution in [-0.2, 0) is 4.79 Å². The Bertz CT molecular complexity index is 795. The Kier molecular flexibility index (Phi) is 6.71. The Morgan fingerprint density at radius 3 is 2.39 bits per heavy atom. The maximum atomic E-state index is 12.1. The Morgan fingerprint density at radius 2 is 1.75 bits per heavy atom. The molecule has 7 nitrogen and oxygen atoms in total. The monoisotopic (exact) mass is 384 g/mol. The van der Waals surface area contributed by atoms with Crippen molar-refractivity contribution in [2.24, 2.45) is 0 Å². The Labute approximate surface area is 165 Å². The Hall–Kier alpha value is -2.80. The topological polar surface area (TPSA) is 77.8 Å². The second kappa shape index (κ2) is 9.41. The number of carbonyl (C=O) groups is 2. The third-order valence-corrected chi connectivity index (χ3v) is 4.94. The van der Waals surface area contributed by atoms with E-state index in [1.165, 1.54) is 5.69 Å². The first-order valence-electron chi connectivity index (χ1n) is 9.67. The highest BCUT2D eigenvalue weighted by Gasteiger charge is 2.17. The van der Waals surface area contributed by atoms with Gasteiger partial charge in [0.1, 0.15) is 11.5 Å². The van der Waals surface area contributed by atoms with Crippen molar-refractivity contribution in [1.29, 1.82) is 0 Å². The van der Waals surface area contributed by atoms with Crippen LogP contribution in [0.25, 0.3) is 0 Å². The molecule has 2 N–H and O–H groups in total. The average molecular weight is 384 g/mol. The molecule has 7 heteroatoms. The van der Waals surface area contributed by atoms with Gasteiger partial charge in [-0.3, -0.25) is 14.5 Å². The molecule has 3 rings (SSSR count). The molecule has 150 valence electrons. The molecular formula is C21H28N4O3. The maximum Gasteiger partial charge on any atom is 0.255 e. The van der Waals surface area contributed by atoms with Gasteiger partial charge < -0.3 is 20.0 Å². The lowest BCUT2D eigenvalue weighted by molar-refractivity contribution is -0.120. The predicted molar refractivity (Wildman–Crippen MR) is 109 cm³/mol. The number of aryl methyl sites for hydroxylation is 2. The highest BCUT2D eigenvalue weighted by molar-refractivity contribution is 5.97. The Morgan fingerprint density at radius 1 is 1.04 bits per heavy atom. The number of piperazine rings is 1. The number of amides is 2. The molecule has 1 fully saturated rings. The first-order chi connectivity index (χ1) is 13.5. The minimum Gasteiger partial charge on any atom is -0.466 e. The summed E-state index contributed by atoms with van der Waals surface area (Å²) in [7, 11) is 0. The number of carbonyl (C=O) groups excluding carboxylic acids is 2. The van der Waals surface area contributed by atoms with Crippen molar-refractivity contribution in [1.82, 2.24) is 15.5 Å². The number of para-hydroxylation sites is 1. The van der Waals surface area contributed by atoms with Gasteiger partial charge in [0.05, 0.1) is 12.1 Å². The van der Waals surface area contributed by atoms with E-state index in [-0.39, 0.29) is 18.4 Å². The minimum atomic E-state index is -0.290. The van der Waals surface area contributed by atoms with Gasteiger partial charge >= 0.3 is 0 Å². The normalized spacial score (nSPS) is 14.7. The molecule has 0 saturated carbocycles. The summed E-state index contributed by atoms with van der Waals surface area (Å²) in [6.45, 7) is 8.78. The largest absolute Gasteiger partial charge is 0.466 e. The second-order valence-electron chi connectivity index (χ2n) is 7.02. The van der Waals surface area contributed by atoms with Crippen LogP contribution >= 0.6 is 0 Å². The summed E-state index contributed by atoms with van der Waals surface area (Å²) in [6.07, 6.45) is 0. The van der Waals surface area contributed by atoms with Crippen molar-refractivity contribution in [2.75, 3.05) is 50.7 Å². The minimum absolute atomic E-state index is 0.0374. The van der Waals surface area contributed by atoms with E-state index in [1.807, 2.05) is 6.07 Å². The van der Waals surface area contributed by atoms with Crippen LogP contribution in [0.5, 0.6) is 0 Å². The van der Waals surface area contributed by atoms with Crippen LogP contribution in [0.3, 0.4) is 0 Å². The van der Waals surface area contributed by atoms with E-state index >= 15 is 0 Å². The molecule has 2 heterocycles. The lowest BCUT2D eigenvalue weighted by Gasteiger charge is -2.36. The lowest BCUT2D eigenvalue weighted by Crippen LogP contribution is -2.49. The smallest absolute Gasteiger partial charge is 0.255 e. The van der Waals surface area contributed by atoms with E-state index in [1.54, 1.807) is 19.9 Å². The highest BCUT2D eigenvalue weighted by Crippen LogP contribution is 2.15. The number of furan rings is 1. The number of nitrogens with one attached hydrogen (secondary N) is 2. The van der Waals surface area contributed by atoms with Crippen LogP contribution in [0.15, 0.2) is 40.8 Å². The molecule has 1 aliphatic rings. The van der Waals surface area contributed by atoms with Crippen LogP contribution in [0, 0.1) is 13.8 Å². The van der Waals surface area contributed by atoms with E-state index in [4.69, 9.17) is 4.42 Å². The van der Waals surface area contributed by atoms with Crippen LogP contribution in [-0.4, -0.2) is 62.5 Å². The molecule has 0 spiro atoms. The number of anilines is 1. The third kappa shape index (κ3) is 5.36. The first-order valence-corrected chi connectivity index (χ1v) is 9.67. The molecule has 1 aromatic heterocycles. The fourth-order valence-corrected chi connectivity index (χ4v) is 3.40. The van der Waals surface area contributed by atoms with E-state index in [0.29, 0.717) is 23.6 Å². The molecular weight excluding hydrogens is 356 g/mol. The molecule has 0 radical (unpaired) electrons. The quantitative estimate of drug-likeness (QED) is 0.758. The number of nitrogens with zero attached hydrogens (tertiary/aromatic N) is 2. The maximum absolute atomic E-state index is 12.1. The van der Waals surface area contributed by atoms with Gasteiger partial charge in [0.25, 0.3) is 5.91 Å². The van der Waals surface area contributed by atoms with Crippen molar-refractivity contribution in [2.45, 2.75) is 13.8 Å². The molecule has 2 aromatic rings.